The molecule has 0 saturated heterocycles. The Balaban J connectivity index is 1.55. The van der Waals surface area contributed by atoms with E-state index in [0.717, 1.165) is 49.0 Å². The highest BCUT2D eigenvalue weighted by molar-refractivity contribution is 5.80. The van der Waals surface area contributed by atoms with Crippen molar-refractivity contribution < 1.29 is 23.1 Å². The van der Waals surface area contributed by atoms with Crippen molar-refractivity contribution in [3.8, 4) is 0 Å². The molecule has 4 nitrogen and oxygen atoms in total. The van der Waals surface area contributed by atoms with Crippen molar-refractivity contribution in [2.24, 2.45) is 0 Å². The van der Waals surface area contributed by atoms with Gasteiger partial charge in [-0.2, -0.15) is 13.2 Å². The van der Waals surface area contributed by atoms with Gasteiger partial charge in [-0.3, -0.25) is 4.79 Å². The van der Waals surface area contributed by atoms with Gasteiger partial charge in [0.1, 0.15) is 5.82 Å². The van der Waals surface area contributed by atoms with Crippen LogP contribution < -0.4 is 0 Å². The highest BCUT2D eigenvalue weighted by atomic mass is 19.4. The van der Waals surface area contributed by atoms with E-state index in [4.69, 9.17) is 5.11 Å². The summed E-state index contributed by atoms with van der Waals surface area (Å²) in [6.45, 7) is 0. The Labute approximate surface area is 165 Å². The van der Waals surface area contributed by atoms with Gasteiger partial charge in [0, 0.05) is 0 Å². The first-order chi connectivity index (χ1) is 13.8. The number of rotatable bonds is 4. The molecule has 1 aromatic heterocycles. The number of allylic oxidation sites excluding steroid dienone is 7. The van der Waals surface area contributed by atoms with Crippen molar-refractivity contribution in [1.29, 1.82) is 0 Å². The van der Waals surface area contributed by atoms with Gasteiger partial charge in [0.25, 0.3) is 0 Å². The van der Waals surface area contributed by atoms with Gasteiger partial charge >= 0.3 is 12.1 Å². The Morgan fingerprint density at radius 2 is 1.66 bits per heavy atom. The van der Waals surface area contributed by atoms with Gasteiger partial charge in [-0.05, 0) is 60.6 Å². The number of nitrogens with zero attached hydrogens (tertiary/aromatic N) is 1. The SMILES string of the molecule is O=C(O)CC1=CC=C(C2=CC=C(c3nc4ccc(C(F)(F)F)cc4[nH]3)CC2)CC1. The molecule has 1 heterocycles. The molecule has 0 spiro atoms. The van der Waals surface area contributed by atoms with Crippen LogP contribution in [0.25, 0.3) is 16.6 Å². The van der Waals surface area contributed by atoms with Gasteiger partial charge in [0.2, 0.25) is 0 Å². The number of hydrogen-bond donors (Lipinski definition) is 2. The number of benzene rings is 1. The van der Waals surface area contributed by atoms with E-state index in [2.05, 4.69) is 9.97 Å². The number of aliphatic carboxylic acids is 1. The summed E-state index contributed by atoms with van der Waals surface area (Å²) < 4.78 is 38.7. The zero-order chi connectivity index (χ0) is 20.6. The first kappa shape index (κ1) is 19.2. The maximum atomic E-state index is 12.9. The van der Waals surface area contributed by atoms with Crippen LogP contribution in [-0.4, -0.2) is 21.0 Å². The molecular formula is C22H19F3N2O2. The summed E-state index contributed by atoms with van der Waals surface area (Å²) in [5.41, 5.74) is 4.47. The molecule has 2 N–H and O–H groups in total. The molecule has 0 fully saturated rings. The Morgan fingerprint density at radius 1 is 1.00 bits per heavy atom. The van der Waals surface area contributed by atoms with Crippen LogP contribution in [0.4, 0.5) is 13.2 Å². The van der Waals surface area contributed by atoms with E-state index in [9.17, 15) is 18.0 Å². The topological polar surface area (TPSA) is 66.0 Å². The van der Waals surface area contributed by atoms with Gasteiger partial charge in [-0.15, -0.1) is 0 Å². The number of carbonyl (C=O) groups is 1. The normalized spacial score (nSPS) is 17.5. The molecule has 2 aliphatic rings. The van der Waals surface area contributed by atoms with Crippen molar-refractivity contribution in [2.45, 2.75) is 38.3 Å². The summed E-state index contributed by atoms with van der Waals surface area (Å²) in [6.07, 6.45) is 6.68. The Hall–Kier alpha value is -3.09. The fourth-order valence-corrected chi connectivity index (χ4v) is 3.73. The zero-order valence-corrected chi connectivity index (χ0v) is 15.5. The number of imidazole rings is 1. The first-order valence-electron chi connectivity index (χ1n) is 9.37. The van der Waals surface area contributed by atoms with Crippen molar-refractivity contribution in [3.63, 3.8) is 0 Å². The molecule has 0 aliphatic heterocycles. The third kappa shape index (κ3) is 4.18. The molecule has 0 radical (unpaired) electrons. The van der Waals surface area contributed by atoms with Crippen LogP contribution in [-0.2, 0) is 11.0 Å². The van der Waals surface area contributed by atoms with Crippen molar-refractivity contribution in [3.05, 3.63) is 70.6 Å². The summed E-state index contributed by atoms with van der Waals surface area (Å²) in [6, 6.07) is 3.52. The van der Waals surface area contributed by atoms with E-state index < -0.39 is 17.7 Å². The molecule has 2 aromatic rings. The average molecular weight is 400 g/mol. The molecule has 150 valence electrons. The second-order valence-corrected chi connectivity index (χ2v) is 7.29. The molecule has 0 saturated carbocycles. The van der Waals surface area contributed by atoms with Crippen LogP contribution in [0.15, 0.2) is 59.2 Å². The fourth-order valence-electron chi connectivity index (χ4n) is 3.73. The van der Waals surface area contributed by atoms with E-state index >= 15 is 0 Å². The maximum Gasteiger partial charge on any atom is 0.416 e. The first-order valence-corrected chi connectivity index (χ1v) is 9.37. The monoisotopic (exact) mass is 400 g/mol. The number of H-pyrrole nitrogens is 1. The number of nitrogens with one attached hydrogen (secondary N) is 1. The van der Waals surface area contributed by atoms with Crippen LogP contribution in [0.1, 0.15) is 43.5 Å². The maximum absolute atomic E-state index is 12.9. The average Bonchev–Trinajstić information content (AvgIpc) is 3.11. The van der Waals surface area contributed by atoms with E-state index in [0.29, 0.717) is 16.9 Å². The van der Waals surface area contributed by atoms with Gasteiger partial charge < -0.3 is 10.1 Å². The predicted octanol–water partition coefficient (Wildman–Crippen LogP) is 5.81. The molecule has 0 bridgehead atoms. The van der Waals surface area contributed by atoms with Crippen LogP contribution in [0.3, 0.4) is 0 Å². The Kier molecular flexibility index (Phi) is 4.90. The predicted molar refractivity (Wildman–Crippen MR) is 104 cm³/mol. The van der Waals surface area contributed by atoms with Gasteiger partial charge in [-0.1, -0.05) is 29.9 Å². The van der Waals surface area contributed by atoms with E-state index in [1.54, 1.807) is 0 Å². The van der Waals surface area contributed by atoms with Gasteiger partial charge in [0.05, 0.1) is 23.0 Å². The summed E-state index contributed by atoms with van der Waals surface area (Å²) in [7, 11) is 0. The van der Waals surface area contributed by atoms with Crippen LogP contribution in [0.5, 0.6) is 0 Å². The molecular weight excluding hydrogens is 381 g/mol. The summed E-state index contributed by atoms with van der Waals surface area (Å²) in [5.74, 6) is -0.221. The van der Waals surface area contributed by atoms with Crippen molar-refractivity contribution in [2.75, 3.05) is 0 Å². The number of hydrogen-bond acceptors (Lipinski definition) is 2. The number of carboxylic acid groups (broad SMARTS) is 1. The van der Waals surface area contributed by atoms with Crippen LogP contribution in [0, 0.1) is 0 Å². The minimum absolute atomic E-state index is 0.0784. The summed E-state index contributed by atoms with van der Waals surface area (Å²) >= 11 is 0. The largest absolute Gasteiger partial charge is 0.481 e. The van der Waals surface area contributed by atoms with E-state index in [-0.39, 0.29) is 6.42 Å². The third-order valence-electron chi connectivity index (χ3n) is 5.29. The number of carboxylic acids is 1. The Bertz CT molecular complexity index is 1100. The highest BCUT2D eigenvalue weighted by Gasteiger charge is 2.30. The summed E-state index contributed by atoms with van der Waals surface area (Å²) in [5, 5.41) is 8.88. The van der Waals surface area contributed by atoms with E-state index in [1.165, 1.54) is 17.2 Å². The molecule has 0 atom stereocenters. The lowest BCUT2D eigenvalue weighted by atomic mass is 9.86. The number of aromatic nitrogens is 2. The van der Waals surface area contributed by atoms with Crippen LogP contribution in [0.2, 0.25) is 0 Å². The van der Waals surface area contributed by atoms with Gasteiger partial charge in [-0.25, -0.2) is 4.98 Å². The lowest BCUT2D eigenvalue weighted by molar-refractivity contribution is -0.138. The Morgan fingerprint density at radius 3 is 2.24 bits per heavy atom. The molecule has 29 heavy (non-hydrogen) atoms. The van der Waals surface area contributed by atoms with Crippen LogP contribution >= 0.6 is 0 Å². The molecule has 2 aliphatic carbocycles. The molecule has 0 unspecified atom stereocenters. The quantitative estimate of drug-likeness (QED) is 0.681. The molecule has 1 aromatic carbocycles. The minimum atomic E-state index is -4.38. The second kappa shape index (κ2) is 7.39. The number of halogens is 3. The third-order valence-corrected chi connectivity index (χ3v) is 5.29. The smallest absolute Gasteiger partial charge is 0.416 e. The number of fused-ring (bicyclic) bond motifs is 1. The molecule has 4 rings (SSSR count). The highest BCUT2D eigenvalue weighted by Crippen LogP contribution is 2.35. The zero-order valence-electron chi connectivity index (χ0n) is 15.5. The second-order valence-electron chi connectivity index (χ2n) is 7.29. The van der Waals surface area contributed by atoms with Crippen molar-refractivity contribution >= 4 is 22.6 Å². The van der Waals surface area contributed by atoms with Crippen molar-refractivity contribution in [1.82, 2.24) is 9.97 Å². The fraction of sp³-hybridized carbons (Fsp3) is 0.273. The number of alkyl halides is 3. The molecule has 0 amide bonds. The van der Waals surface area contributed by atoms with Gasteiger partial charge in [0.15, 0.2) is 0 Å². The lowest BCUT2D eigenvalue weighted by Gasteiger charge is -2.19. The summed E-state index contributed by atoms with van der Waals surface area (Å²) in [4.78, 5) is 18.3. The molecule has 7 heteroatoms. The van der Waals surface area contributed by atoms with E-state index in [1.807, 2.05) is 24.3 Å². The minimum Gasteiger partial charge on any atom is -0.481 e. The number of aromatic amines is 1. The standard InChI is InChI=1S/C22H19F3N2O2/c23-22(24,25)17-9-10-18-19(12-17)27-21(26-18)16-7-5-15(6-8-16)14-3-1-13(2-4-14)11-20(28)29/h1,3,5,7,9-10,12H,2,4,6,8,11H2,(H,26,27)(H,28,29). The lowest BCUT2D eigenvalue weighted by Crippen LogP contribution is -2.04.